The van der Waals surface area contributed by atoms with Gasteiger partial charge < -0.3 is 10.3 Å². The second-order valence-corrected chi connectivity index (χ2v) is 7.24. The lowest BCUT2D eigenvalue weighted by Gasteiger charge is -2.17. The Morgan fingerprint density at radius 1 is 1.00 bits per heavy atom. The van der Waals surface area contributed by atoms with Crippen molar-refractivity contribution in [1.82, 2.24) is 10.1 Å². The molecule has 0 spiro atoms. The number of rotatable bonds is 6. The first-order valence-corrected chi connectivity index (χ1v) is 9.45. The van der Waals surface area contributed by atoms with E-state index in [0.29, 0.717) is 30.1 Å². The van der Waals surface area contributed by atoms with E-state index in [1.54, 1.807) is 0 Å². The summed E-state index contributed by atoms with van der Waals surface area (Å²) in [5.74, 6) is 1.13. The summed E-state index contributed by atoms with van der Waals surface area (Å²) in [4.78, 5) is 16.9. The Morgan fingerprint density at radius 3 is 2.32 bits per heavy atom. The maximum atomic E-state index is 12.5. The predicted octanol–water partition coefficient (Wildman–Crippen LogP) is 4.70. The SMILES string of the molecule is Cl.NC1(c2noc(CCC(=O)c3ccc(-c4ccccc4)cc3)n2)CCCC1. The zero-order valence-electron chi connectivity index (χ0n) is 15.6. The standard InChI is InChI=1S/C22H23N3O2.ClH/c23-22(14-4-5-15-22)21-24-20(27-25-21)13-12-19(26)18-10-8-17(9-11-18)16-6-2-1-3-7-16;/h1-3,6-11H,4-5,12-15,23H2;1H. The number of carbonyl (C=O) groups is 1. The maximum absolute atomic E-state index is 12.5. The van der Waals surface area contributed by atoms with Gasteiger partial charge in [-0.15, -0.1) is 12.4 Å². The summed E-state index contributed by atoms with van der Waals surface area (Å²) in [7, 11) is 0. The van der Waals surface area contributed by atoms with E-state index < -0.39 is 5.54 Å². The second-order valence-electron chi connectivity index (χ2n) is 7.24. The third kappa shape index (κ3) is 4.32. The third-order valence-electron chi connectivity index (χ3n) is 5.29. The first-order chi connectivity index (χ1) is 13.1. The first kappa shape index (κ1) is 20.2. The van der Waals surface area contributed by atoms with Crippen molar-refractivity contribution >= 4 is 18.2 Å². The molecule has 0 saturated heterocycles. The summed E-state index contributed by atoms with van der Waals surface area (Å²) in [5, 5.41) is 4.04. The van der Waals surface area contributed by atoms with E-state index in [2.05, 4.69) is 22.3 Å². The first-order valence-electron chi connectivity index (χ1n) is 9.45. The van der Waals surface area contributed by atoms with Gasteiger partial charge in [-0.1, -0.05) is 72.6 Å². The topological polar surface area (TPSA) is 82.0 Å². The van der Waals surface area contributed by atoms with Crippen LogP contribution in [0.25, 0.3) is 11.1 Å². The fourth-order valence-electron chi connectivity index (χ4n) is 3.63. The van der Waals surface area contributed by atoms with Crippen LogP contribution in [-0.4, -0.2) is 15.9 Å². The largest absolute Gasteiger partial charge is 0.339 e. The van der Waals surface area contributed by atoms with E-state index >= 15 is 0 Å². The zero-order valence-corrected chi connectivity index (χ0v) is 16.5. The van der Waals surface area contributed by atoms with Crippen LogP contribution >= 0.6 is 12.4 Å². The number of benzene rings is 2. The van der Waals surface area contributed by atoms with Gasteiger partial charge in [0.2, 0.25) is 5.89 Å². The summed E-state index contributed by atoms with van der Waals surface area (Å²) in [6, 6.07) is 17.8. The summed E-state index contributed by atoms with van der Waals surface area (Å²) in [6.07, 6.45) is 4.74. The van der Waals surface area contributed by atoms with Gasteiger partial charge in [-0.2, -0.15) is 4.98 Å². The molecule has 2 N–H and O–H groups in total. The maximum Gasteiger partial charge on any atom is 0.227 e. The molecule has 2 aromatic carbocycles. The van der Waals surface area contributed by atoms with E-state index in [1.165, 1.54) is 0 Å². The average Bonchev–Trinajstić information content (AvgIpc) is 3.37. The number of aryl methyl sites for hydroxylation is 1. The van der Waals surface area contributed by atoms with Gasteiger partial charge in [0.15, 0.2) is 11.6 Å². The molecular formula is C22H24ClN3O2. The third-order valence-corrected chi connectivity index (χ3v) is 5.29. The Hall–Kier alpha value is -2.50. The molecule has 0 aliphatic heterocycles. The molecule has 3 aromatic rings. The highest BCUT2D eigenvalue weighted by molar-refractivity contribution is 5.96. The fourth-order valence-corrected chi connectivity index (χ4v) is 3.63. The van der Waals surface area contributed by atoms with Gasteiger partial charge in [0.25, 0.3) is 0 Å². The number of hydrogen-bond acceptors (Lipinski definition) is 5. The van der Waals surface area contributed by atoms with Crippen LogP contribution in [0.15, 0.2) is 59.1 Å². The molecule has 4 rings (SSSR count). The molecule has 0 atom stereocenters. The number of halogens is 1. The predicted molar refractivity (Wildman–Crippen MR) is 110 cm³/mol. The number of hydrogen-bond donors (Lipinski definition) is 1. The van der Waals surface area contributed by atoms with Crippen molar-refractivity contribution in [1.29, 1.82) is 0 Å². The number of ketones is 1. The molecule has 146 valence electrons. The molecule has 0 radical (unpaired) electrons. The number of nitrogens with two attached hydrogens (primary N) is 1. The van der Waals surface area contributed by atoms with Crippen molar-refractivity contribution in [3.8, 4) is 11.1 Å². The van der Waals surface area contributed by atoms with Crippen LogP contribution in [0, 0.1) is 0 Å². The van der Waals surface area contributed by atoms with E-state index in [9.17, 15) is 4.79 Å². The summed E-state index contributed by atoms with van der Waals surface area (Å²) < 4.78 is 5.31. The molecule has 1 heterocycles. The molecular weight excluding hydrogens is 374 g/mol. The quantitative estimate of drug-likeness (QED) is 0.609. The fraction of sp³-hybridized carbons (Fsp3) is 0.318. The van der Waals surface area contributed by atoms with Gasteiger partial charge in [0.1, 0.15) is 0 Å². The minimum atomic E-state index is -0.459. The molecule has 0 unspecified atom stereocenters. The molecule has 5 nitrogen and oxygen atoms in total. The van der Waals surface area contributed by atoms with Crippen LogP contribution in [-0.2, 0) is 12.0 Å². The summed E-state index contributed by atoms with van der Waals surface area (Å²) in [5.41, 5.74) is 8.82. The van der Waals surface area contributed by atoms with Crippen LogP contribution in [0.3, 0.4) is 0 Å². The normalized spacial score (nSPS) is 15.2. The molecule has 28 heavy (non-hydrogen) atoms. The molecule has 0 amide bonds. The molecule has 1 aliphatic rings. The van der Waals surface area contributed by atoms with E-state index in [4.69, 9.17) is 10.3 Å². The second kappa shape index (κ2) is 8.67. The lowest BCUT2D eigenvalue weighted by atomic mass is 9.98. The van der Waals surface area contributed by atoms with Crippen molar-refractivity contribution in [2.45, 2.75) is 44.1 Å². The van der Waals surface area contributed by atoms with E-state index in [1.807, 2.05) is 42.5 Å². The Balaban J connectivity index is 0.00000225. The Morgan fingerprint density at radius 2 is 1.64 bits per heavy atom. The number of nitrogens with zero attached hydrogens (tertiary/aromatic N) is 2. The van der Waals surface area contributed by atoms with Crippen molar-refractivity contribution in [2.24, 2.45) is 5.73 Å². The minimum absolute atomic E-state index is 0. The van der Waals surface area contributed by atoms with Crippen molar-refractivity contribution in [3.05, 3.63) is 71.9 Å². The lowest BCUT2D eigenvalue weighted by molar-refractivity contribution is 0.0979. The van der Waals surface area contributed by atoms with Crippen LogP contribution in [0.5, 0.6) is 0 Å². The Kier molecular flexibility index (Phi) is 6.27. The monoisotopic (exact) mass is 397 g/mol. The smallest absolute Gasteiger partial charge is 0.227 e. The Bertz CT molecular complexity index is 916. The molecule has 1 saturated carbocycles. The number of Topliss-reactive ketones (excluding diaryl/α,β-unsaturated/α-hetero) is 1. The zero-order chi connectivity index (χ0) is 18.7. The van der Waals surface area contributed by atoms with Crippen LogP contribution < -0.4 is 5.73 Å². The lowest BCUT2D eigenvalue weighted by Crippen LogP contribution is -2.34. The van der Waals surface area contributed by atoms with E-state index in [-0.39, 0.29) is 18.2 Å². The van der Waals surface area contributed by atoms with Crippen LogP contribution in [0.1, 0.15) is 54.2 Å². The van der Waals surface area contributed by atoms with Crippen molar-refractivity contribution in [3.63, 3.8) is 0 Å². The minimum Gasteiger partial charge on any atom is -0.339 e. The van der Waals surface area contributed by atoms with Crippen molar-refractivity contribution in [2.75, 3.05) is 0 Å². The number of carbonyl (C=O) groups excluding carboxylic acids is 1. The highest BCUT2D eigenvalue weighted by atomic mass is 35.5. The average molecular weight is 398 g/mol. The summed E-state index contributed by atoms with van der Waals surface area (Å²) in [6.45, 7) is 0. The van der Waals surface area contributed by atoms with Crippen molar-refractivity contribution < 1.29 is 9.32 Å². The van der Waals surface area contributed by atoms with Gasteiger partial charge in [-0.25, -0.2) is 0 Å². The van der Waals surface area contributed by atoms with Gasteiger partial charge in [-0.05, 0) is 24.0 Å². The molecule has 6 heteroatoms. The highest BCUT2D eigenvalue weighted by Crippen LogP contribution is 2.34. The molecule has 0 bridgehead atoms. The van der Waals surface area contributed by atoms with Crippen LogP contribution in [0.4, 0.5) is 0 Å². The van der Waals surface area contributed by atoms with Crippen LogP contribution in [0.2, 0.25) is 0 Å². The molecule has 1 fully saturated rings. The highest BCUT2D eigenvalue weighted by Gasteiger charge is 2.35. The van der Waals surface area contributed by atoms with Gasteiger partial charge in [0, 0.05) is 18.4 Å². The van der Waals surface area contributed by atoms with Gasteiger partial charge in [-0.3, -0.25) is 4.79 Å². The number of aromatic nitrogens is 2. The van der Waals surface area contributed by atoms with Gasteiger partial charge in [0.05, 0.1) is 5.54 Å². The summed E-state index contributed by atoms with van der Waals surface area (Å²) >= 11 is 0. The van der Waals surface area contributed by atoms with E-state index in [0.717, 1.165) is 36.8 Å². The van der Waals surface area contributed by atoms with Gasteiger partial charge >= 0.3 is 0 Å². The Labute approximate surface area is 170 Å². The molecule has 1 aliphatic carbocycles. The molecule has 1 aromatic heterocycles.